The maximum atomic E-state index is 13.0. The summed E-state index contributed by atoms with van der Waals surface area (Å²) in [5.41, 5.74) is 5.95. The second kappa shape index (κ2) is 10.8. The van der Waals surface area contributed by atoms with E-state index in [9.17, 15) is 18.0 Å². The first-order valence-corrected chi connectivity index (χ1v) is 10.4. The van der Waals surface area contributed by atoms with Gasteiger partial charge in [-0.05, 0) is 55.0 Å². The number of carbonyl (C=O) groups is 1. The van der Waals surface area contributed by atoms with E-state index in [1.54, 1.807) is 42.6 Å². The molecule has 0 fully saturated rings. The number of aliphatic imine (C=N–C) groups is 1. The number of amidine groups is 1. The van der Waals surface area contributed by atoms with Crippen molar-refractivity contribution < 1.29 is 22.7 Å². The molecule has 0 spiro atoms. The monoisotopic (exact) mass is 488 g/mol. The maximum absolute atomic E-state index is 13.0. The van der Waals surface area contributed by atoms with Crippen molar-refractivity contribution in [2.45, 2.75) is 13.1 Å². The van der Waals surface area contributed by atoms with E-state index < -0.39 is 22.7 Å². The van der Waals surface area contributed by atoms with Crippen molar-refractivity contribution in [3.63, 3.8) is 0 Å². The van der Waals surface area contributed by atoms with Crippen molar-refractivity contribution in [1.29, 1.82) is 0 Å². The van der Waals surface area contributed by atoms with E-state index in [2.05, 4.69) is 15.3 Å². The lowest BCUT2D eigenvalue weighted by atomic mass is 10.2. The van der Waals surface area contributed by atoms with Gasteiger partial charge in [0.15, 0.2) is 0 Å². The highest BCUT2D eigenvalue weighted by atomic mass is 35.5. The molecule has 3 N–H and O–H groups in total. The number of hydrogen-bond acceptors (Lipinski definition) is 4. The minimum absolute atomic E-state index is 0.0252. The predicted octanol–water partition coefficient (Wildman–Crippen LogP) is 5.92. The van der Waals surface area contributed by atoms with Gasteiger partial charge in [-0.1, -0.05) is 23.7 Å². The minimum Gasteiger partial charge on any atom is -0.457 e. The molecule has 176 valence electrons. The Balaban J connectivity index is 1.69. The summed E-state index contributed by atoms with van der Waals surface area (Å²) in [5.74, 6) is 0.699. The average molecular weight is 489 g/mol. The van der Waals surface area contributed by atoms with Crippen LogP contribution >= 0.6 is 11.6 Å². The van der Waals surface area contributed by atoms with Crippen LogP contribution in [0.25, 0.3) is 6.08 Å². The highest BCUT2D eigenvalue weighted by Crippen LogP contribution is 2.36. The van der Waals surface area contributed by atoms with Gasteiger partial charge in [0.25, 0.3) is 0 Å². The molecule has 0 atom stereocenters. The fourth-order valence-corrected chi connectivity index (χ4v) is 3.08. The quantitative estimate of drug-likeness (QED) is 0.245. The van der Waals surface area contributed by atoms with Crippen LogP contribution in [0, 0.1) is 0 Å². The predicted molar refractivity (Wildman–Crippen MR) is 126 cm³/mol. The zero-order valence-corrected chi connectivity index (χ0v) is 18.7. The molecule has 0 saturated carbocycles. The Hall–Kier alpha value is -3.85. The number of rotatable bonds is 7. The van der Waals surface area contributed by atoms with Crippen molar-refractivity contribution in [2.75, 3.05) is 11.9 Å². The summed E-state index contributed by atoms with van der Waals surface area (Å²) >= 11 is 5.60. The summed E-state index contributed by atoms with van der Waals surface area (Å²) in [6.45, 7) is 2.39. The van der Waals surface area contributed by atoms with Crippen LogP contribution in [0.3, 0.4) is 0 Å². The van der Waals surface area contributed by atoms with Crippen molar-refractivity contribution in [3.8, 4) is 11.5 Å². The first-order chi connectivity index (χ1) is 16.2. The molecule has 1 heterocycles. The van der Waals surface area contributed by atoms with Crippen molar-refractivity contribution >= 4 is 35.1 Å². The topological polar surface area (TPSA) is 89.6 Å². The molecule has 0 saturated heterocycles. The largest absolute Gasteiger partial charge is 0.457 e. The van der Waals surface area contributed by atoms with E-state index >= 15 is 0 Å². The van der Waals surface area contributed by atoms with Gasteiger partial charge in [0.1, 0.15) is 23.0 Å². The number of ether oxygens (including phenoxy) is 1. The van der Waals surface area contributed by atoms with Gasteiger partial charge in [-0.3, -0.25) is 14.8 Å². The number of alkyl halides is 3. The van der Waals surface area contributed by atoms with Gasteiger partial charge in [0.05, 0.1) is 10.6 Å². The van der Waals surface area contributed by atoms with Crippen LogP contribution in [0.4, 0.5) is 18.9 Å². The molecular weight excluding hydrogens is 469 g/mol. The zero-order chi connectivity index (χ0) is 24.7. The molecule has 6 nitrogen and oxygen atoms in total. The van der Waals surface area contributed by atoms with E-state index in [-0.39, 0.29) is 5.69 Å². The van der Waals surface area contributed by atoms with E-state index in [0.717, 1.165) is 12.1 Å². The Kier molecular flexibility index (Phi) is 7.91. The average Bonchev–Trinajstić information content (AvgIpc) is 2.79. The summed E-state index contributed by atoms with van der Waals surface area (Å²) in [6.07, 6.45) is -0.365. The highest BCUT2D eigenvalue weighted by Gasteiger charge is 2.33. The summed E-state index contributed by atoms with van der Waals surface area (Å²) in [7, 11) is 0. The lowest BCUT2D eigenvalue weighted by Gasteiger charge is -2.11. The van der Waals surface area contributed by atoms with Gasteiger partial charge in [0.2, 0.25) is 5.91 Å². The number of nitrogens with one attached hydrogen (secondary N) is 1. The van der Waals surface area contributed by atoms with E-state index in [1.165, 1.54) is 18.2 Å². The molecule has 1 amide bonds. The van der Waals surface area contributed by atoms with Crippen LogP contribution < -0.4 is 15.8 Å². The minimum atomic E-state index is -4.63. The molecular formula is C24H20ClF3N4O2. The number of hydrogen-bond donors (Lipinski definition) is 2. The lowest BCUT2D eigenvalue weighted by molar-refractivity contribution is -0.137. The van der Waals surface area contributed by atoms with E-state index in [0.29, 0.717) is 35.1 Å². The number of carbonyl (C=O) groups excluding carboxylic acids is 1. The third-order valence-electron chi connectivity index (χ3n) is 4.38. The van der Waals surface area contributed by atoms with Crippen LogP contribution in [-0.2, 0) is 11.0 Å². The Labute approximate surface area is 198 Å². The van der Waals surface area contributed by atoms with Crippen LogP contribution in [0.15, 0.2) is 71.9 Å². The number of aromatic nitrogens is 1. The smallest absolute Gasteiger partial charge is 0.417 e. The van der Waals surface area contributed by atoms with Gasteiger partial charge in [-0.15, -0.1) is 0 Å². The highest BCUT2D eigenvalue weighted by molar-refractivity contribution is 6.31. The number of anilines is 1. The second-order valence-corrected chi connectivity index (χ2v) is 7.33. The molecule has 0 aliphatic rings. The molecule has 3 aromatic rings. The van der Waals surface area contributed by atoms with Crippen molar-refractivity contribution in [2.24, 2.45) is 10.7 Å². The number of benzene rings is 2. The fourth-order valence-electron chi connectivity index (χ4n) is 2.86. The molecule has 0 unspecified atom stereocenters. The summed E-state index contributed by atoms with van der Waals surface area (Å²) in [6, 6.07) is 13.4. The Morgan fingerprint density at radius 1 is 1.18 bits per heavy atom. The lowest BCUT2D eigenvalue weighted by Crippen LogP contribution is -2.15. The molecule has 0 bridgehead atoms. The Morgan fingerprint density at radius 2 is 1.94 bits per heavy atom. The molecule has 2 aromatic carbocycles. The first kappa shape index (κ1) is 24.8. The van der Waals surface area contributed by atoms with Crippen LogP contribution in [0.1, 0.15) is 23.7 Å². The zero-order valence-electron chi connectivity index (χ0n) is 17.9. The molecule has 1 aromatic heterocycles. The molecule has 0 aliphatic carbocycles. The maximum Gasteiger partial charge on any atom is 0.417 e. The summed E-state index contributed by atoms with van der Waals surface area (Å²) in [5, 5.41) is 1.94. The fraction of sp³-hybridized carbons (Fsp3) is 0.125. The summed E-state index contributed by atoms with van der Waals surface area (Å²) < 4.78 is 44.8. The molecule has 34 heavy (non-hydrogen) atoms. The van der Waals surface area contributed by atoms with E-state index in [4.69, 9.17) is 22.1 Å². The standard InChI is InChI=1S/C24H20ClF3N4O2/c1-2-30-23(29)21-14-18(10-11-31-21)34-17-5-3-4-15(12-17)6-9-22(33)32-16-7-8-20(25)19(13-16)24(26,27)28/h3-14H,2H2,1H3,(H2,29,30)(H,32,33). The number of nitrogens with two attached hydrogens (primary N) is 1. The first-order valence-electron chi connectivity index (χ1n) is 10.1. The van der Waals surface area contributed by atoms with Gasteiger partial charge >= 0.3 is 6.18 Å². The van der Waals surface area contributed by atoms with Gasteiger partial charge in [-0.25, -0.2) is 0 Å². The normalized spacial score (nSPS) is 12.1. The Morgan fingerprint density at radius 3 is 2.68 bits per heavy atom. The molecule has 10 heteroatoms. The molecule has 0 radical (unpaired) electrons. The second-order valence-electron chi connectivity index (χ2n) is 6.93. The number of halogens is 4. The van der Waals surface area contributed by atoms with E-state index in [1.807, 2.05) is 6.92 Å². The van der Waals surface area contributed by atoms with Crippen molar-refractivity contribution in [3.05, 3.63) is 88.7 Å². The molecule has 3 rings (SSSR count). The number of amides is 1. The van der Waals surface area contributed by atoms with Crippen LogP contribution in [0.2, 0.25) is 5.02 Å². The third kappa shape index (κ3) is 6.82. The van der Waals surface area contributed by atoms with Gasteiger partial charge in [-0.2, -0.15) is 13.2 Å². The third-order valence-corrected chi connectivity index (χ3v) is 4.71. The molecule has 0 aliphatic heterocycles. The Bertz CT molecular complexity index is 1240. The van der Waals surface area contributed by atoms with Gasteiger partial charge in [0, 0.05) is 30.6 Å². The number of pyridine rings is 1. The van der Waals surface area contributed by atoms with Gasteiger partial charge < -0.3 is 15.8 Å². The summed E-state index contributed by atoms with van der Waals surface area (Å²) in [4.78, 5) is 20.5. The SMILES string of the molecule is CCN=C(N)c1cc(Oc2cccc(C=CC(=O)Nc3ccc(Cl)c(C(F)(F)F)c3)c2)ccn1. The van der Waals surface area contributed by atoms with Crippen LogP contribution in [0.5, 0.6) is 11.5 Å². The van der Waals surface area contributed by atoms with Crippen LogP contribution in [-0.4, -0.2) is 23.3 Å². The number of nitrogens with zero attached hydrogens (tertiary/aromatic N) is 2. The van der Waals surface area contributed by atoms with Crippen molar-refractivity contribution in [1.82, 2.24) is 4.98 Å².